The van der Waals surface area contributed by atoms with Gasteiger partial charge in [-0.25, -0.2) is 9.97 Å². The number of nitrogens with one attached hydrogen (secondary N) is 1. The molecule has 262 valence electrons. The molecule has 0 spiro atoms. The predicted molar refractivity (Wildman–Crippen MR) is 194 cm³/mol. The molecule has 0 saturated heterocycles. The van der Waals surface area contributed by atoms with Gasteiger partial charge in [0.25, 0.3) is 5.91 Å². The van der Waals surface area contributed by atoms with E-state index in [0.717, 1.165) is 28.8 Å². The van der Waals surface area contributed by atoms with Crippen LogP contribution in [0.3, 0.4) is 0 Å². The Labute approximate surface area is 298 Å². The van der Waals surface area contributed by atoms with E-state index < -0.39 is 28.9 Å². The molecule has 3 aromatic heterocycles. The highest BCUT2D eigenvalue weighted by atomic mass is 19.4. The smallest absolute Gasteiger partial charge is 0.390 e. The summed E-state index contributed by atoms with van der Waals surface area (Å²) in [6.07, 6.45) is 0.977. The van der Waals surface area contributed by atoms with Gasteiger partial charge in [-0.15, -0.1) is 0 Å². The molecule has 0 atom stereocenters. The van der Waals surface area contributed by atoms with Crippen molar-refractivity contribution >= 4 is 22.5 Å². The molecular weight excluding hydrogens is 665 g/mol. The first-order valence-electron chi connectivity index (χ1n) is 16.7. The van der Waals surface area contributed by atoms with Gasteiger partial charge in [-0.3, -0.25) is 9.48 Å². The van der Waals surface area contributed by atoms with Crippen LogP contribution >= 0.6 is 0 Å². The van der Waals surface area contributed by atoms with Gasteiger partial charge < -0.3 is 15.0 Å². The van der Waals surface area contributed by atoms with E-state index in [1.165, 1.54) is 6.07 Å². The van der Waals surface area contributed by atoms with Crippen LogP contribution in [0.1, 0.15) is 53.1 Å². The maximum atomic E-state index is 13.7. The zero-order valence-electron chi connectivity index (χ0n) is 28.4. The molecule has 0 bridgehead atoms. The molecule has 0 aliphatic heterocycles. The zero-order valence-corrected chi connectivity index (χ0v) is 28.4. The molecule has 3 heterocycles. The minimum absolute atomic E-state index is 0.323. The Hall–Kier alpha value is -6.07. The number of imidazole rings is 1. The Kier molecular flexibility index (Phi) is 8.97. The number of carbonyl (C=O) groups excluding carboxylic acids is 1. The van der Waals surface area contributed by atoms with E-state index in [1.807, 2.05) is 66.9 Å². The SMILES string of the molecule is CC(C)(O)CCn1cc2cc(NC(=O)c3cccc(C(F)(F)F)n3)c(-c3cncn3C(c3ccccc3)(c3ccccc3)c3ccccc3)cc2n1. The quantitative estimate of drug-likeness (QED) is 0.139. The number of carbonyl (C=O) groups is 1. The largest absolute Gasteiger partial charge is 0.433 e. The number of aryl methyl sites for hydroxylation is 1. The van der Waals surface area contributed by atoms with Gasteiger partial charge in [0, 0.05) is 23.7 Å². The van der Waals surface area contributed by atoms with Gasteiger partial charge in [-0.05, 0) is 61.2 Å². The summed E-state index contributed by atoms with van der Waals surface area (Å²) in [4.78, 5) is 22.0. The van der Waals surface area contributed by atoms with E-state index in [2.05, 4.69) is 56.3 Å². The molecule has 0 unspecified atom stereocenters. The molecule has 1 amide bonds. The van der Waals surface area contributed by atoms with Crippen molar-refractivity contribution in [3.63, 3.8) is 0 Å². The third kappa shape index (κ3) is 6.70. The molecule has 0 aliphatic rings. The van der Waals surface area contributed by atoms with Crippen LogP contribution < -0.4 is 5.32 Å². The molecule has 7 rings (SSSR count). The summed E-state index contributed by atoms with van der Waals surface area (Å²) in [5, 5.41) is 18.7. The number of nitrogens with zero attached hydrogens (tertiary/aromatic N) is 5. The minimum Gasteiger partial charge on any atom is -0.390 e. The Morgan fingerprint density at radius 3 is 1.96 bits per heavy atom. The van der Waals surface area contributed by atoms with E-state index >= 15 is 0 Å². The van der Waals surface area contributed by atoms with Crippen molar-refractivity contribution in [1.29, 1.82) is 0 Å². The maximum Gasteiger partial charge on any atom is 0.433 e. The topological polar surface area (TPSA) is 97.9 Å². The number of hydrogen-bond acceptors (Lipinski definition) is 5. The summed E-state index contributed by atoms with van der Waals surface area (Å²) in [5.74, 6) is -0.812. The second-order valence-electron chi connectivity index (χ2n) is 13.2. The van der Waals surface area contributed by atoms with Gasteiger partial charge in [0.05, 0.1) is 35.0 Å². The number of fused-ring (bicyclic) bond motifs is 1. The fourth-order valence-electron chi connectivity index (χ4n) is 6.56. The van der Waals surface area contributed by atoms with E-state index in [-0.39, 0.29) is 5.69 Å². The van der Waals surface area contributed by atoms with Crippen molar-refractivity contribution in [3.8, 4) is 11.3 Å². The second-order valence-corrected chi connectivity index (χ2v) is 13.2. The summed E-state index contributed by atoms with van der Waals surface area (Å²) in [6, 6.07) is 36.9. The number of benzene rings is 4. The number of amides is 1. The van der Waals surface area contributed by atoms with Gasteiger partial charge in [-0.2, -0.15) is 18.3 Å². The van der Waals surface area contributed by atoms with E-state index in [9.17, 15) is 23.1 Å². The van der Waals surface area contributed by atoms with Crippen LogP contribution in [0.2, 0.25) is 0 Å². The monoisotopic (exact) mass is 700 g/mol. The second kappa shape index (κ2) is 13.6. The van der Waals surface area contributed by atoms with Crippen LogP contribution in [0.25, 0.3) is 22.2 Å². The van der Waals surface area contributed by atoms with Crippen LogP contribution in [0, 0.1) is 0 Å². The normalized spacial score (nSPS) is 12.3. The average molecular weight is 701 g/mol. The highest BCUT2D eigenvalue weighted by Gasteiger charge is 2.40. The molecule has 0 aliphatic carbocycles. The molecule has 0 radical (unpaired) electrons. The summed E-state index contributed by atoms with van der Waals surface area (Å²) in [7, 11) is 0. The number of halogens is 3. The lowest BCUT2D eigenvalue weighted by molar-refractivity contribution is -0.141. The molecule has 52 heavy (non-hydrogen) atoms. The van der Waals surface area contributed by atoms with Gasteiger partial charge in [0.2, 0.25) is 0 Å². The summed E-state index contributed by atoms with van der Waals surface area (Å²) < 4.78 is 44.5. The number of anilines is 1. The minimum atomic E-state index is -4.72. The number of pyridine rings is 1. The first kappa shape index (κ1) is 34.4. The standard InChI is InChI=1S/C41H35F3N6O2/c1-39(2,52)21-22-49-26-28-23-35(47-38(51)33-19-12-20-37(46-33)41(42,43)44)32(24-34(28)48-49)36-25-45-27-50(36)40(29-13-6-3-7-14-29,30-15-8-4-9-16-30)31-17-10-5-11-18-31/h3-20,23-27,52H,21-22H2,1-2H3,(H,47,51). The van der Waals surface area contributed by atoms with Crippen molar-refractivity contribution in [3.05, 3.63) is 168 Å². The average Bonchev–Trinajstić information content (AvgIpc) is 3.79. The zero-order chi connectivity index (χ0) is 36.5. The number of rotatable bonds is 10. The highest BCUT2D eigenvalue weighted by molar-refractivity contribution is 6.06. The van der Waals surface area contributed by atoms with E-state index in [0.29, 0.717) is 40.8 Å². The Morgan fingerprint density at radius 1 is 0.808 bits per heavy atom. The van der Waals surface area contributed by atoms with Crippen molar-refractivity contribution in [2.45, 2.75) is 44.1 Å². The van der Waals surface area contributed by atoms with Gasteiger partial charge in [-0.1, -0.05) is 97.1 Å². The third-order valence-electron chi connectivity index (χ3n) is 9.01. The van der Waals surface area contributed by atoms with Crippen molar-refractivity contribution in [2.24, 2.45) is 0 Å². The molecular formula is C41H35F3N6O2. The van der Waals surface area contributed by atoms with Crippen LogP contribution in [-0.2, 0) is 18.3 Å². The van der Waals surface area contributed by atoms with Crippen LogP contribution in [0.5, 0.6) is 0 Å². The Balaban J connectivity index is 1.46. The van der Waals surface area contributed by atoms with Crippen LogP contribution in [0.15, 0.2) is 140 Å². The molecule has 11 heteroatoms. The lowest BCUT2D eigenvalue weighted by Crippen LogP contribution is -2.37. The number of aliphatic hydroxyl groups is 1. The lowest BCUT2D eigenvalue weighted by atomic mass is 9.76. The van der Waals surface area contributed by atoms with Crippen molar-refractivity contribution in [1.82, 2.24) is 24.3 Å². The van der Waals surface area contributed by atoms with E-state index in [1.54, 1.807) is 37.1 Å². The first-order valence-corrected chi connectivity index (χ1v) is 16.7. The molecule has 4 aromatic carbocycles. The van der Waals surface area contributed by atoms with Crippen molar-refractivity contribution in [2.75, 3.05) is 5.32 Å². The first-order chi connectivity index (χ1) is 24.9. The molecule has 7 aromatic rings. The molecule has 0 fully saturated rings. The molecule has 8 nitrogen and oxygen atoms in total. The lowest BCUT2D eigenvalue weighted by Gasteiger charge is -2.38. The van der Waals surface area contributed by atoms with E-state index in [4.69, 9.17) is 5.10 Å². The number of aromatic nitrogens is 5. The van der Waals surface area contributed by atoms with Gasteiger partial charge >= 0.3 is 6.18 Å². The molecule has 2 N–H and O–H groups in total. The van der Waals surface area contributed by atoms with Crippen LogP contribution in [0.4, 0.5) is 18.9 Å². The highest BCUT2D eigenvalue weighted by Crippen LogP contribution is 2.45. The summed E-state index contributed by atoms with van der Waals surface area (Å²) >= 11 is 0. The fraction of sp³-hybridized carbons (Fsp3) is 0.171. The maximum absolute atomic E-state index is 13.7. The van der Waals surface area contributed by atoms with Crippen molar-refractivity contribution < 1.29 is 23.1 Å². The van der Waals surface area contributed by atoms with Crippen LogP contribution in [-0.4, -0.2) is 40.9 Å². The molecule has 0 saturated carbocycles. The van der Waals surface area contributed by atoms with Gasteiger partial charge in [0.1, 0.15) is 16.9 Å². The predicted octanol–water partition coefficient (Wildman–Crippen LogP) is 8.57. The number of hydrogen-bond donors (Lipinski definition) is 2. The summed E-state index contributed by atoms with van der Waals surface area (Å²) in [6.45, 7) is 3.88. The third-order valence-corrected chi connectivity index (χ3v) is 9.01. The summed E-state index contributed by atoms with van der Waals surface area (Å²) in [5.41, 5.74) is 1.49. The van der Waals surface area contributed by atoms with Gasteiger partial charge in [0.15, 0.2) is 0 Å². The Morgan fingerprint density at radius 2 is 1.40 bits per heavy atom. The number of alkyl halides is 3. The Bertz CT molecular complexity index is 2230. The fourth-order valence-corrected chi connectivity index (χ4v) is 6.56.